The van der Waals surface area contributed by atoms with Gasteiger partial charge in [0.15, 0.2) is 5.82 Å². The molecule has 0 aliphatic rings. The molecule has 5 nitrogen and oxygen atoms in total. The summed E-state index contributed by atoms with van der Waals surface area (Å²) in [4.78, 5) is 4.24. The lowest BCUT2D eigenvalue weighted by Crippen LogP contribution is -2.22. The predicted octanol–water partition coefficient (Wildman–Crippen LogP) is 1.53. The third kappa shape index (κ3) is 3.56. The van der Waals surface area contributed by atoms with Crippen molar-refractivity contribution in [1.29, 1.82) is 0 Å². The van der Waals surface area contributed by atoms with Gasteiger partial charge in [0.1, 0.15) is 12.1 Å². The molecule has 0 aliphatic heterocycles. The topological polar surface area (TPSA) is 63.0 Å². The Morgan fingerprint density at radius 2 is 2.00 bits per heavy atom. The number of hydrogen-bond donors (Lipinski definition) is 2. The normalized spacial score (nSPS) is 11.1. The summed E-state index contributed by atoms with van der Waals surface area (Å²) in [5.74, 6) is 1.07. The second-order valence-electron chi connectivity index (χ2n) is 4.56. The average Bonchev–Trinajstić information content (AvgIpc) is 2.77. The highest BCUT2D eigenvalue weighted by molar-refractivity contribution is 5.25. The van der Waals surface area contributed by atoms with Gasteiger partial charge in [0.05, 0.1) is 13.1 Å². The predicted molar refractivity (Wildman–Crippen MR) is 69.2 cm³/mol. The fraction of sp³-hybridized carbons (Fsp3) is 0.385. The third-order valence-corrected chi connectivity index (χ3v) is 2.53. The van der Waals surface area contributed by atoms with Gasteiger partial charge in [-0.2, -0.15) is 5.10 Å². The Morgan fingerprint density at radius 1 is 1.28 bits per heavy atom. The minimum absolute atomic E-state index is 0.277. The van der Waals surface area contributed by atoms with Crippen LogP contribution in [0.25, 0.3) is 0 Å². The molecule has 1 aromatic heterocycles. The molecule has 0 saturated heterocycles. The van der Waals surface area contributed by atoms with Crippen molar-refractivity contribution in [2.75, 3.05) is 0 Å². The molecule has 0 atom stereocenters. The van der Waals surface area contributed by atoms with Gasteiger partial charge in [-0.3, -0.25) is 0 Å². The van der Waals surface area contributed by atoms with E-state index in [1.54, 1.807) is 23.1 Å². The van der Waals surface area contributed by atoms with E-state index >= 15 is 0 Å². The first-order valence-corrected chi connectivity index (χ1v) is 6.03. The summed E-state index contributed by atoms with van der Waals surface area (Å²) in [6, 6.07) is 7.53. The van der Waals surface area contributed by atoms with Gasteiger partial charge in [-0.1, -0.05) is 26.0 Å². The standard InChI is InChI=1S/C13H18N4O/c1-10(2)14-7-13-15-9-17(16-13)8-11-3-5-12(18)6-4-11/h3-6,9-10,14,18H,7-8H2,1-2H3. The summed E-state index contributed by atoms with van der Waals surface area (Å²) in [6.45, 7) is 5.52. The van der Waals surface area contributed by atoms with Gasteiger partial charge < -0.3 is 10.4 Å². The molecule has 0 spiro atoms. The lowest BCUT2D eigenvalue weighted by molar-refractivity contribution is 0.475. The van der Waals surface area contributed by atoms with E-state index in [0.717, 1.165) is 11.4 Å². The molecule has 2 N–H and O–H groups in total. The highest BCUT2D eigenvalue weighted by Gasteiger charge is 2.02. The fourth-order valence-corrected chi connectivity index (χ4v) is 1.57. The number of nitrogens with zero attached hydrogens (tertiary/aromatic N) is 3. The Kier molecular flexibility index (Phi) is 3.94. The van der Waals surface area contributed by atoms with Crippen molar-refractivity contribution in [3.63, 3.8) is 0 Å². The number of phenols is 1. The maximum Gasteiger partial charge on any atom is 0.164 e. The first kappa shape index (κ1) is 12.6. The van der Waals surface area contributed by atoms with E-state index in [0.29, 0.717) is 19.1 Å². The van der Waals surface area contributed by atoms with Gasteiger partial charge in [0.25, 0.3) is 0 Å². The molecule has 2 aromatic rings. The number of rotatable bonds is 5. The summed E-state index contributed by atoms with van der Waals surface area (Å²) in [7, 11) is 0. The number of benzene rings is 1. The highest BCUT2D eigenvalue weighted by atomic mass is 16.3. The summed E-state index contributed by atoms with van der Waals surface area (Å²) in [5.41, 5.74) is 1.08. The van der Waals surface area contributed by atoms with Crippen molar-refractivity contribution in [3.8, 4) is 5.75 Å². The summed E-state index contributed by atoms with van der Waals surface area (Å²) in [6.07, 6.45) is 1.73. The van der Waals surface area contributed by atoms with Crippen LogP contribution in [0.2, 0.25) is 0 Å². The lowest BCUT2D eigenvalue weighted by atomic mass is 10.2. The summed E-state index contributed by atoms with van der Waals surface area (Å²) in [5, 5.41) is 16.9. The quantitative estimate of drug-likeness (QED) is 0.840. The van der Waals surface area contributed by atoms with E-state index in [1.165, 1.54) is 0 Å². The molecule has 2 rings (SSSR count). The molecule has 0 amide bonds. The molecule has 96 valence electrons. The third-order valence-electron chi connectivity index (χ3n) is 2.53. The first-order valence-electron chi connectivity index (χ1n) is 6.03. The molecule has 1 heterocycles. The molecular weight excluding hydrogens is 228 g/mol. The molecule has 18 heavy (non-hydrogen) atoms. The van der Waals surface area contributed by atoms with Crippen LogP contribution in [0.15, 0.2) is 30.6 Å². The zero-order valence-corrected chi connectivity index (χ0v) is 10.7. The van der Waals surface area contributed by atoms with Crippen LogP contribution in [0.1, 0.15) is 25.2 Å². The zero-order chi connectivity index (χ0) is 13.0. The second kappa shape index (κ2) is 5.64. The van der Waals surface area contributed by atoms with Crippen LogP contribution in [-0.4, -0.2) is 25.9 Å². The van der Waals surface area contributed by atoms with Gasteiger partial charge in [-0.15, -0.1) is 0 Å². The SMILES string of the molecule is CC(C)NCc1ncn(Cc2ccc(O)cc2)n1. The first-order chi connectivity index (χ1) is 8.63. The minimum atomic E-state index is 0.277. The molecule has 1 aromatic carbocycles. The molecule has 0 bridgehead atoms. The molecule has 0 fully saturated rings. The van der Waals surface area contributed by atoms with Crippen molar-refractivity contribution in [2.45, 2.75) is 33.0 Å². The molecule has 5 heteroatoms. The van der Waals surface area contributed by atoms with Gasteiger partial charge in [-0.25, -0.2) is 9.67 Å². The number of phenolic OH excluding ortho intramolecular Hbond substituents is 1. The molecule has 0 aliphatic carbocycles. The van der Waals surface area contributed by atoms with Crippen LogP contribution < -0.4 is 5.32 Å². The Bertz CT molecular complexity index is 490. The van der Waals surface area contributed by atoms with Crippen LogP contribution in [-0.2, 0) is 13.1 Å². The fourth-order valence-electron chi connectivity index (χ4n) is 1.57. The average molecular weight is 246 g/mol. The molecule has 0 radical (unpaired) electrons. The van der Waals surface area contributed by atoms with Crippen molar-refractivity contribution in [2.24, 2.45) is 0 Å². The maximum atomic E-state index is 9.21. The van der Waals surface area contributed by atoms with Gasteiger partial charge in [-0.05, 0) is 17.7 Å². The van der Waals surface area contributed by atoms with Crippen molar-refractivity contribution >= 4 is 0 Å². The smallest absolute Gasteiger partial charge is 0.164 e. The van der Waals surface area contributed by atoms with E-state index in [1.807, 2.05) is 12.1 Å². The number of nitrogens with one attached hydrogen (secondary N) is 1. The van der Waals surface area contributed by atoms with Gasteiger partial charge in [0, 0.05) is 6.04 Å². The van der Waals surface area contributed by atoms with Crippen LogP contribution in [0, 0.1) is 0 Å². The van der Waals surface area contributed by atoms with Crippen LogP contribution in [0.5, 0.6) is 5.75 Å². The van der Waals surface area contributed by atoms with E-state index in [9.17, 15) is 5.11 Å². The van der Waals surface area contributed by atoms with Crippen molar-refractivity contribution in [1.82, 2.24) is 20.1 Å². The van der Waals surface area contributed by atoms with Crippen molar-refractivity contribution < 1.29 is 5.11 Å². The van der Waals surface area contributed by atoms with Gasteiger partial charge >= 0.3 is 0 Å². The Labute approximate surface area is 106 Å². The van der Waals surface area contributed by atoms with Crippen LogP contribution >= 0.6 is 0 Å². The van der Waals surface area contributed by atoms with E-state index in [4.69, 9.17) is 0 Å². The van der Waals surface area contributed by atoms with Crippen molar-refractivity contribution in [3.05, 3.63) is 42.0 Å². The number of hydrogen-bond acceptors (Lipinski definition) is 4. The molecular formula is C13H18N4O. The monoisotopic (exact) mass is 246 g/mol. The maximum absolute atomic E-state index is 9.21. The summed E-state index contributed by atoms with van der Waals surface area (Å²) < 4.78 is 1.80. The second-order valence-corrected chi connectivity index (χ2v) is 4.56. The Balaban J connectivity index is 1.95. The summed E-state index contributed by atoms with van der Waals surface area (Å²) >= 11 is 0. The van der Waals surface area contributed by atoms with E-state index in [-0.39, 0.29) is 5.75 Å². The van der Waals surface area contributed by atoms with Crippen LogP contribution in [0.3, 0.4) is 0 Å². The van der Waals surface area contributed by atoms with Crippen LogP contribution in [0.4, 0.5) is 0 Å². The molecule has 0 saturated carbocycles. The number of aromatic hydroxyl groups is 1. The van der Waals surface area contributed by atoms with E-state index in [2.05, 4.69) is 29.2 Å². The Hall–Kier alpha value is -1.88. The minimum Gasteiger partial charge on any atom is -0.508 e. The van der Waals surface area contributed by atoms with Gasteiger partial charge in [0.2, 0.25) is 0 Å². The lowest BCUT2D eigenvalue weighted by Gasteiger charge is -2.04. The number of aromatic nitrogens is 3. The zero-order valence-electron chi connectivity index (χ0n) is 10.7. The molecule has 0 unspecified atom stereocenters. The Morgan fingerprint density at radius 3 is 2.67 bits per heavy atom. The largest absolute Gasteiger partial charge is 0.508 e. The highest BCUT2D eigenvalue weighted by Crippen LogP contribution is 2.10. The van der Waals surface area contributed by atoms with E-state index < -0.39 is 0 Å².